The molecule has 114 valence electrons. The van der Waals surface area contributed by atoms with Crippen LogP contribution in [0.4, 0.5) is 0 Å². The zero-order chi connectivity index (χ0) is 15.6. The lowest BCUT2D eigenvalue weighted by Gasteiger charge is -2.07. The Kier molecular flexibility index (Phi) is 4.67. The molecule has 0 aromatic carbocycles. The van der Waals surface area contributed by atoms with Crippen LogP contribution in [0.5, 0.6) is 5.75 Å². The van der Waals surface area contributed by atoms with Crippen molar-refractivity contribution in [3.05, 3.63) is 33.3 Å². The minimum Gasteiger partial charge on any atom is -0.486 e. The number of nitrogens with zero attached hydrogens (tertiary/aromatic N) is 2. The number of ether oxygens (including phenoxy) is 1. The predicted octanol–water partition coefficient (Wildman–Crippen LogP) is 3.67. The second-order valence-corrected chi connectivity index (χ2v) is 6.27. The third-order valence-electron chi connectivity index (χ3n) is 3.14. The molecule has 0 fully saturated rings. The highest BCUT2D eigenvalue weighted by Gasteiger charge is 2.19. The first-order valence-electron chi connectivity index (χ1n) is 6.95. The molecule has 2 aromatic heterocycles. The van der Waals surface area contributed by atoms with Gasteiger partial charge in [-0.25, -0.2) is 4.79 Å². The minimum absolute atomic E-state index is 0.262. The number of carboxylic acids is 1. The SMILES string of the molecule is CCn1nc(C)cc1COc1cc(C(C)C)sc1C(=O)O. The van der Waals surface area contributed by atoms with Gasteiger partial charge in [0.25, 0.3) is 0 Å². The van der Waals surface area contributed by atoms with Gasteiger partial charge in [0.15, 0.2) is 4.88 Å². The van der Waals surface area contributed by atoms with E-state index in [2.05, 4.69) is 5.10 Å². The van der Waals surface area contributed by atoms with Crippen molar-refractivity contribution in [2.45, 2.75) is 46.8 Å². The van der Waals surface area contributed by atoms with Crippen LogP contribution in [-0.4, -0.2) is 20.9 Å². The largest absolute Gasteiger partial charge is 0.486 e. The molecule has 0 bridgehead atoms. The van der Waals surface area contributed by atoms with E-state index >= 15 is 0 Å². The Morgan fingerprint density at radius 1 is 1.48 bits per heavy atom. The molecule has 0 aliphatic rings. The van der Waals surface area contributed by atoms with E-state index in [9.17, 15) is 9.90 Å². The third kappa shape index (κ3) is 3.44. The molecule has 5 nitrogen and oxygen atoms in total. The lowest BCUT2D eigenvalue weighted by Crippen LogP contribution is -2.07. The number of hydrogen-bond donors (Lipinski definition) is 1. The first kappa shape index (κ1) is 15.6. The number of carboxylic acid groups (broad SMARTS) is 1. The van der Waals surface area contributed by atoms with Gasteiger partial charge < -0.3 is 9.84 Å². The van der Waals surface area contributed by atoms with Gasteiger partial charge in [0.1, 0.15) is 12.4 Å². The van der Waals surface area contributed by atoms with Crippen molar-refractivity contribution in [2.75, 3.05) is 0 Å². The standard InChI is InChI=1S/C15H20N2O3S/c1-5-17-11(6-10(4)16-17)8-20-12-7-13(9(2)3)21-14(12)15(18)19/h6-7,9H,5,8H2,1-4H3,(H,18,19). The van der Waals surface area contributed by atoms with Gasteiger partial charge in [-0.2, -0.15) is 5.10 Å². The molecule has 0 aliphatic carbocycles. The summed E-state index contributed by atoms with van der Waals surface area (Å²) in [5.41, 5.74) is 1.88. The Morgan fingerprint density at radius 3 is 2.76 bits per heavy atom. The third-order valence-corrected chi connectivity index (χ3v) is 4.55. The van der Waals surface area contributed by atoms with E-state index in [1.54, 1.807) is 0 Å². The number of aryl methyl sites for hydroxylation is 2. The lowest BCUT2D eigenvalue weighted by atomic mass is 10.2. The lowest BCUT2D eigenvalue weighted by molar-refractivity contribution is 0.0697. The summed E-state index contributed by atoms with van der Waals surface area (Å²) in [6.07, 6.45) is 0. The first-order chi connectivity index (χ1) is 9.92. The highest BCUT2D eigenvalue weighted by atomic mass is 32.1. The maximum atomic E-state index is 11.3. The normalized spacial score (nSPS) is 11.1. The fourth-order valence-electron chi connectivity index (χ4n) is 2.07. The molecular weight excluding hydrogens is 288 g/mol. The van der Waals surface area contributed by atoms with E-state index in [0.717, 1.165) is 22.8 Å². The Bertz CT molecular complexity index is 643. The Labute approximate surface area is 128 Å². The van der Waals surface area contributed by atoms with Crippen molar-refractivity contribution in [1.29, 1.82) is 0 Å². The molecule has 0 radical (unpaired) electrons. The van der Waals surface area contributed by atoms with Gasteiger partial charge in [-0.1, -0.05) is 13.8 Å². The molecular formula is C15H20N2O3S. The summed E-state index contributed by atoms with van der Waals surface area (Å²) in [4.78, 5) is 12.6. The highest BCUT2D eigenvalue weighted by molar-refractivity contribution is 7.14. The molecule has 2 rings (SSSR count). The van der Waals surface area contributed by atoms with Crippen LogP contribution in [0.1, 0.15) is 52.6 Å². The van der Waals surface area contributed by atoms with E-state index in [4.69, 9.17) is 4.74 Å². The van der Waals surface area contributed by atoms with Crippen molar-refractivity contribution in [3.63, 3.8) is 0 Å². The van der Waals surface area contributed by atoms with Crippen molar-refractivity contribution in [1.82, 2.24) is 9.78 Å². The molecule has 0 unspecified atom stereocenters. The fourth-order valence-corrected chi connectivity index (χ4v) is 3.02. The molecule has 0 spiro atoms. The number of rotatable bonds is 6. The van der Waals surface area contributed by atoms with Crippen LogP contribution in [-0.2, 0) is 13.2 Å². The van der Waals surface area contributed by atoms with E-state index in [1.165, 1.54) is 11.3 Å². The van der Waals surface area contributed by atoms with Crippen molar-refractivity contribution < 1.29 is 14.6 Å². The quantitative estimate of drug-likeness (QED) is 0.884. The monoisotopic (exact) mass is 308 g/mol. The topological polar surface area (TPSA) is 64.4 Å². The second-order valence-electron chi connectivity index (χ2n) is 5.18. The molecule has 2 heterocycles. The first-order valence-corrected chi connectivity index (χ1v) is 7.77. The van der Waals surface area contributed by atoms with Crippen LogP contribution < -0.4 is 4.74 Å². The zero-order valence-electron chi connectivity index (χ0n) is 12.7. The van der Waals surface area contributed by atoms with Crippen molar-refractivity contribution >= 4 is 17.3 Å². The van der Waals surface area contributed by atoms with E-state index in [-0.39, 0.29) is 10.8 Å². The van der Waals surface area contributed by atoms with Gasteiger partial charge in [-0.05, 0) is 31.9 Å². The summed E-state index contributed by atoms with van der Waals surface area (Å²) >= 11 is 1.28. The van der Waals surface area contributed by atoms with Crippen LogP contribution in [0.3, 0.4) is 0 Å². The van der Waals surface area contributed by atoms with Crippen LogP contribution in [0.15, 0.2) is 12.1 Å². The van der Waals surface area contributed by atoms with Crippen LogP contribution >= 0.6 is 11.3 Å². The molecule has 0 aliphatic heterocycles. The summed E-state index contributed by atoms with van der Waals surface area (Å²) in [7, 11) is 0. The van der Waals surface area contributed by atoms with E-state index in [1.807, 2.05) is 44.5 Å². The number of thiophene rings is 1. The van der Waals surface area contributed by atoms with Gasteiger partial charge >= 0.3 is 5.97 Å². The Morgan fingerprint density at radius 2 is 2.19 bits per heavy atom. The maximum absolute atomic E-state index is 11.3. The Hall–Kier alpha value is -1.82. The van der Waals surface area contributed by atoms with E-state index in [0.29, 0.717) is 12.4 Å². The molecule has 1 N–H and O–H groups in total. The van der Waals surface area contributed by atoms with Crippen LogP contribution in [0.25, 0.3) is 0 Å². The molecule has 0 saturated carbocycles. The maximum Gasteiger partial charge on any atom is 0.349 e. The average Bonchev–Trinajstić information content (AvgIpc) is 2.99. The van der Waals surface area contributed by atoms with Gasteiger partial charge in [-0.3, -0.25) is 4.68 Å². The van der Waals surface area contributed by atoms with Gasteiger partial charge in [0.05, 0.1) is 11.4 Å². The Balaban J connectivity index is 2.20. The van der Waals surface area contributed by atoms with Crippen molar-refractivity contribution in [2.24, 2.45) is 0 Å². The molecule has 21 heavy (non-hydrogen) atoms. The van der Waals surface area contributed by atoms with Crippen LogP contribution in [0.2, 0.25) is 0 Å². The van der Waals surface area contributed by atoms with Gasteiger partial charge in [-0.15, -0.1) is 11.3 Å². The number of aromatic nitrogens is 2. The summed E-state index contributed by atoms with van der Waals surface area (Å²) in [5.74, 6) is -0.214. The molecule has 6 heteroatoms. The number of hydrogen-bond acceptors (Lipinski definition) is 4. The summed E-state index contributed by atoms with van der Waals surface area (Å²) in [6, 6.07) is 3.79. The summed E-state index contributed by atoms with van der Waals surface area (Å²) < 4.78 is 7.61. The molecule has 0 amide bonds. The second kappa shape index (κ2) is 6.30. The molecule has 0 saturated heterocycles. The van der Waals surface area contributed by atoms with E-state index < -0.39 is 5.97 Å². The highest BCUT2D eigenvalue weighted by Crippen LogP contribution is 2.34. The minimum atomic E-state index is -0.943. The van der Waals surface area contributed by atoms with Crippen molar-refractivity contribution in [3.8, 4) is 5.75 Å². The predicted molar refractivity (Wildman–Crippen MR) is 82.3 cm³/mol. The van der Waals surface area contributed by atoms with Gasteiger partial charge in [0.2, 0.25) is 0 Å². The van der Waals surface area contributed by atoms with Crippen LogP contribution in [0, 0.1) is 6.92 Å². The smallest absolute Gasteiger partial charge is 0.349 e. The fraction of sp³-hybridized carbons (Fsp3) is 0.467. The number of carbonyl (C=O) groups is 1. The van der Waals surface area contributed by atoms with Gasteiger partial charge in [0, 0.05) is 11.4 Å². The molecule has 0 atom stereocenters. The zero-order valence-corrected chi connectivity index (χ0v) is 13.5. The molecule has 2 aromatic rings. The average molecular weight is 308 g/mol. The summed E-state index contributed by atoms with van der Waals surface area (Å²) in [5, 5.41) is 13.6. The number of aromatic carboxylic acids is 1. The summed E-state index contributed by atoms with van der Waals surface area (Å²) in [6.45, 7) is 9.11.